The first-order chi connectivity index (χ1) is 13.2. The quantitative estimate of drug-likeness (QED) is 0.506. The van der Waals surface area contributed by atoms with Crippen LogP contribution in [0.3, 0.4) is 0 Å². The molecule has 3 heterocycles. The molecular weight excluding hydrogens is 360 g/mol. The van der Waals surface area contributed by atoms with Crippen molar-refractivity contribution in [3.8, 4) is 5.00 Å². The lowest BCUT2D eigenvalue weighted by molar-refractivity contribution is 0.102. The van der Waals surface area contributed by atoms with Gasteiger partial charge in [0.25, 0.3) is 5.91 Å². The number of benzene rings is 1. The lowest BCUT2D eigenvalue weighted by Crippen LogP contribution is -2.16. The molecule has 136 valence electrons. The third kappa shape index (κ3) is 2.80. The Morgan fingerprint density at radius 2 is 1.85 bits per heavy atom. The van der Waals surface area contributed by atoms with Crippen molar-refractivity contribution in [1.82, 2.24) is 14.5 Å². The molecule has 0 spiro atoms. The predicted octanol–water partition coefficient (Wildman–Crippen LogP) is 3.84. The summed E-state index contributed by atoms with van der Waals surface area (Å²) in [4.78, 5) is 31.4. The maximum absolute atomic E-state index is 13.2. The van der Waals surface area contributed by atoms with E-state index < -0.39 is 0 Å². The minimum absolute atomic E-state index is 0.102. The van der Waals surface area contributed by atoms with Gasteiger partial charge in [-0.15, -0.1) is 11.3 Å². The Balaban J connectivity index is 1.55. The van der Waals surface area contributed by atoms with E-state index in [-0.39, 0.29) is 11.6 Å². The van der Waals surface area contributed by atoms with Crippen molar-refractivity contribution in [2.45, 2.75) is 25.7 Å². The van der Waals surface area contributed by atoms with Gasteiger partial charge in [-0.25, -0.2) is 4.79 Å². The summed E-state index contributed by atoms with van der Waals surface area (Å²) < 4.78 is 2.02. The van der Waals surface area contributed by atoms with E-state index in [9.17, 15) is 9.59 Å². The number of hydrogen-bond acceptors (Lipinski definition) is 3. The molecule has 4 aromatic rings. The van der Waals surface area contributed by atoms with Crippen LogP contribution in [0.25, 0.3) is 16.0 Å². The third-order valence-corrected chi connectivity index (χ3v) is 6.30. The maximum Gasteiger partial charge on any atom is 0.323 e. The number of hydrogen-bond donors (Lipinski definition) is 3. The highest BCUT2D eigenvalue weighted by Gasteiger charge is 2.26. The van der Waals surface area contributed by atoms with Gasteiger partial charge in [-0.2, -0.15) is 0 Å². The van der Waals surface area contributed by atoms with E-state index in [0.29, 0.717) is 11.2 Å². The van der Waals surface area contributed by atoms with E-state index in [1.54, 1.807) is 29.5 Å². The predicted molar refractivity (Wildman–Crippen MR) is 107 cm³/mol. The summed E-state index contributed by atoms with van der Waals surface area (Å²) in [6, 6.07) is 9.31. The lowest BCUT2D eigenvalue weighted by Gasteiger charge is -2.13. The fourth-order valence-corrected chi connectivity index (χ4v) is 5.09. The van der Waals surface area contributed by atoms with Crippen molar-refractivity contribution in [3.63, 3.8) is 0 Å². The van der Waals surface area contributed by atoms with Crippen molar-refractivity contribution in [2.24, 2.45) is 0 Å². The highest BCUT2D eigenvalue weighted by molar-refractivity contribution is 7.15. The van der Waals surface area contributed by atoms with Crippen LogP contribution in [0.1, 0.15) is 33.6 Å². The Labute approximate surface area is 158 Å². The SMILES string of the molecule is O=C(Nc1ccc2[nH]c(=O)[nH]c2c1)c1c(-n2cccc2)sc2c1CCCC2. The topological polar surface area (TPSA) is 82.7 Å². The Morgan fingerprint density at radius 3 is 2.70 bits per heavy atom. The van der Waals surface area contributed by atoms with Crippen LogP contribution in [0.2, 0.25) is 0 Å². The van der Waals surface area contributed by atoms with Gasteiger partial charge in [0.05, 0.1) is 16.6 Å². The minimum Gasteiger partial charge on any atom is -0.322 e. The number of carbonyl (C=O) groups excluding carboxylic acids is 1. The Hall–Kier alpha value is -3.06. The molecule has 1 amide bonds. The molecule has 0 saturated carbocycles. The van der Waals surface area contributed by atoms with Gasteiger partial charge < -0.3 is 19.9 Å². The second-order valence-corrected chi connectivity index (χ2v) is 7.86. The molecule has 3 N–H and O–H groups in total. The van der Waals surface area contributed by atoms with Gasteiger partial charge in [-0.1, -0.05) is 0 Å². The van der Waals surface area contributed by atoms with E-state index >= 15 is 0 Å². The summed E-state index contributed by atoms with van der Waals surface area (Å²) in [5.41, 5.74) is 3.76. The summed E-state index contributed by atoms with van der Waals surface area (Å²) in [5.74, 6) is -0.102. The van der Waals surface area contributed by atoms with Gasteiger partial charge in [-0.3, -0.25) is 4.79 Å². The fraction of sp³-hybridized carbons (Fsp3) is 0.200. The molecule has 1 aromatic carbocycles. The largest absolute Gasteiger partial charge is 0.323 e. The first kappa shape index (κ1) is 16.1. The van der Waals surface area contributed by atoms with Crippen LogP contribution in [0.5, 0.6) is 0 Å². The van der Waals surface area contributed by atoms with Crippen LogP contribution < -0.4 is 11.0 Å². The number of aromatic nitrogens is 3. The Bertz CT molecular complexity index is 1200. The number of H-pyrrole nitrogens is 2. The zero-order valence-electron chi connectivity index (χ0n) is 14.5. The van der Waals surface area contributed by atoms with Gasteiger partial charge in [0.2, 0.25) is 0 Å². The molecule has 1 aliphatic rings. The summed E-state index contributed by atoms with van der Waals surface area (Å²) in [6.07, 6.45) is 8.23. The highest BCUT2D eigenvalue weighted by atomic mass is 32.1. The third-order valence-electron chi connectivity index (χ3n) is 4.99. The van der Waals surface area contributed by atoms with Crippen molar-refractivity contribution in [1.29, 1.82) is 0 Å². The number of thiophene rings is 1. The standard InChI is InChI=1S/C20H18N4O2S/c25-18(21-12-7-8-14-15(11-12)23-20(26)22-14)17-13-5-1-2-6-16(13)27-19(17)24-9-3-4-10-24/h3-4,7-11H,1-2,5-6H2,(H,21,25)(H2,22,23,26). The number of amides is 1. The molecule has 7 heteroatoms. The molecule has 3 aromatic heterocycles. The summed E-state index contributed by atoms with van der Waals surface area (Å²) in [5, 5.41) is 3.99. The molecule has 0 fully saturated rings. The van der Waals surface area contributed by atoms with E-state index in [4.69, 9.17) is 0 Å². The van der Waals surface area contributed by atoms with E-state index in [1.807, 2.05) is 29.1 Å². The van der Waals surface area contributed by atoms with Gasteiger partial charge >= 0.3 is 5.69 Å². The number of nitrogens with zero attached hydrogens (tertiary/aromatic N) is 1. The van der Waals surface area contributed by atoms with Gasteiger partial charge in [0.15, 0.2) is 0 Å². The van der Waals surface area contributed by atoms with Crippen LogP contribution in [0.15, 0.2) is 47.5 Å². The number of fused-ring (bicyclic) bond motifs is 2. The van der Waals surface area contributed by atoms with Crippen LogP contribution in [-0.4, -0.2) is 20.4 Å². The maximum atomic E-state index is 13.2. The molecule has 0 atom stereocenters. The fourth-order valence-electron chi connectivity index (χ4n) is 3.74. The van der Waals surface area contributed by atoms with E-state index in [2.05, 4.69) is 15.3 Å². The van der Waals surface area contributed by atoms with Gasteiger partial charge in [0, 0.05) is 23.0 Å². The number of rotatable bonds is 3. The Morgan fingerprint density at radius 1 is 1.07 bits per heavy atom. The van der Waals surface area contributed by atoms with E-state index in [1.165, 1.54) is 16.9 Å². The smallest absolute Gasteiger partial charge is 0.322 e. The zero-order valence-corrected chi connectivity index (χ0v) is 15.4. The van der Waals surface area contributed by atoms with Crippen molar-refractivity contribution >= 4 is 34.0 Å². The minimum atomic E-state index is -0.254. The van der Waals surface area contributed by atoms with Gasteiger partial charge in [0.1, 0.15) is 5.00 Å². The number of aromatic amines is 2. The van der Waals surface area contributed by atoms with Crippen molar-refractivity contribution < 1.29 is 4.79 Å². The summed E-state index contributed by atoms with van der Waals surface area (Å²) >= 11 is 1.71. The summed E-state index contributed by atoms with van der Waals surface area (Å²) in [7, 11) is 0. The monoisotopic (exact) mass is 378 g/mol. The zero-order chi connectivity index (χ0) is 18.4. The molecule has 5 rings (SSSR count). The van der Waals surface area contributed by atoms with Crippen molar-refractivity contribution in [3.05, 3.63) is 69.2 Å². The number of nitrogens with one attached hydrogen (secondary N) is 3. The first-order valence-corrected chi connectivity index (χ1v) is 9.82. The normalized spacial score (nSPS) is 13.6. The second-order valence-electron chi connectivity index (χ2n) is 6.77. The molecular formula is C20H18N4O2S. The number of anilines is 1. The molecule has 0 aliphatic heterocycles. The highest BCUT2D eigenvalue weighted by Crippen LogP contribution is 2.37. The summed E-state index contributed by atoms with van der Waals surface area (Å²) in [6.45, 7) is 0. The molecule has 0 radical (unpaired) electrons. The van der Waals surface area contributed by atoms with E-state index in [0.717, 1.165) is 35.3 Å². The van der Waals surface area contributed by atoms with Gasteiger partial charge in [-0.05, 0) is 61.6 Å². The lowest BCUT2D eigenvalue weighted by atomic mass is 9.95. The average Bonchev–Trinajstić information content (AvgIpc) is 3.38. The molecule has 27 heavy (non-hydrogen) atoms. The average molecular weight is 378 g/mol. The van der Waals surface area contributed by atoms with Crippen molar-refractivity contribution in [2.75, 3.05) is 5.32 Å². The molecule has 1 aliphatic carbocycles. The molecule has 6 nitrogen and oxygen atoms in total. The van der Waals surface area contributed by atoms with Crippen LogP contribution in [0.4, 0.5) is 5.69 Å². The van der Waals surface area contributed by atoms with Crippen LogP contribution >= 0.6 is 11.3 Å². The number of imidazole rings is 1. The molecule has 0 bridgehead atoms. The Kier molecular flexibility index (Phi) is 3.75. The molecule has 0 unspecified atom stereocenters. The van der Waals surface area contributed by atoms with Crippen LogP contribution in [0, 0.1) is 0 Å². The van der Waals surface area contributed by atoms with Crippen LogP contribution in [-0.2, 0) is 12.8 Å². The second kappa shape index (κ2) is 6.28. The number of carbonyl (C=O) groups is 1. The molecule has 0 saturated heterocycles. The first-order valence-electron chi connectivity index (χ1n) is 9.00. The number of aryl methyl sites for hydroxylation is 1.